The Kier molecular flexibility index (Phi) is 4.53. The average Bonchev–Trinajstić information content (AvgIpc) is 3.31. The molecule has 2 N–H and O–H groups in total. The van der Waals surface area contributed by atoms with Crippen LogP contribution in [0.5, 0.6) is 5.75 Å². The van der Waals surface area contributed by atoms with Gasteiger partial charge in [0.1, 0.15) is 41.8 Å². The standard InChI is InChI=1S/C23H26N4O/c1-28-19-11-9-18(10-12-19)20-17-27-22-8-4-3-7-21(22)26(23(27)24-20)16-15-25-13-5-2-6-14-25/h3-4,7-12,17H,2,5-6,13-16H2,1H3/p+2. The molecular formula is C23H28N4O+2. The summed E-state index contributed by atoms with van der Waals surface area (Å²) in [4.78, 5) is 5.41. The van der Waals surface area contributed by atoms with E-state index in [-0.39, 0.29) is 0 Å². The number of likely N-dealkylation sites (tertiary alicyclic amines) is 1. The van der Waals surface area contributed by atoms with Gasteiger partial charge in [-0.2, -0.15) is 4.40 Å². The molecule has 1 aliphatic rings. The number of fused-ring (bicyclic) bond motifs is 3. The van der Waals surface area contributed by atoms with Gasteiger partial charge in [0.05, 0.1) is 20.2 Å². The Balaban J connectivity index is 1.53. The number of hydrogen-bond acceptors (Lipinski definition) is 1. The number of piperidine rings is 1. The van der Waals surface area contributed by atoms with E-state index in [9.17, 15) is 0 Å². The second kappa shape index (κ2) is 7.32. The van der Waals surface area contributed by atoms with Gasteiger partial charge in [-0.05, 0) is 55.7 Å². The van der Waals surface area contributed by atoms with Crippen molar-refractivity contribution in [3.05, 3.63) is 54.7 Å². The Morgan fingerprint density at radius 1 is 1.04 bits per heavy atom. The number of hydrogen-bond donors (Lipinski definition) is 2. The Hall–Kier alpha value is -2.79. The highest BCUT2D eigenvalue weighted by molar-refractivity contribution is 5.76. The van der Waals surface area contributed by atoms with Crippen LogP contribution in [0.2, 0.25) is 0 Å². The molecule has 0 bridgehead atoms. The first-order valence-corrected chi connectivity index (χ1v) is 10.3. The van der Waals surface area contributed by atoms with Crippen LogP contribution >= 0.6 is 0 Å². The average molecular weight is 377 g/mol. The molecular weight excluding hydrogens is 348 g/mol. The largest absolute Gasteiger partial charge is 0.497 e. The van der Waals surface area contributed by atoms with Crippen molar-refractivity contribution >= 4 is 16.8 Å². The van der Waals surface area contributed by atoms with E-state index in [2.05, 4.69) is 56.5 Å². The number of rotatable bonds is 5. The molecule has 144 valence electrons. The van der Waals surface area contributed by atoms with Crippen LogP contribution in [0.15, 0.2) is 54.7 Å². The van der Waals surface area contributed by atoms with E-state index in [0.29, 0.717) is 0 Å². The summed E-state index contributed by atoms with van der Waals surface area (Å²) in [5.74, 6) is 2.04. The molecule has 0 atom stereocenters. The minimum absolute atomic E-state index is 0.881. The molecule has 0 radical (unpaired) electrons. The van der Waals surface area contributed by atoms with Crippen LogP contribution in [0.25, 0.3) is 28.1 Å². The third-order valence-electron chi connectivity index (χ3n) is 6.07. The highest BCUT2D eigenvalue weighted by atomic mass is 16.5. The van der Waals surface area contributed by atoms with Crippen molar-refractivity contribution in [2.75, 3.05) is 26.7 Å². The number of aromatic amines is 1. The topological polar surface area (TPSA) is 37.8 Å². The zero-order valence-electron chi connectivity index (χ0n) is 16.4. The summed E-state index contributed by atoms with van der Waals surface area (Å²) < 4.78 is 10.0. The maximum absolute atomic E-state index is 5.29. The van der Waals surface area contributed by atoms with Crippen molar-refractivity contribution in [3.63, 3.8) is 0 Å². The van der Waals surface area contributed by atoms with Crippen molar-refractivity contribution in [3.8, 4) is 17.0 Å². The lowest BCUT2D eigenvalue weighted by atomic mass is 10.1. The first-order chi connectivity index (χ1) is 13.8. The molecule has 3 heterocycles. The van der Waals surface area contributed by atoms with Gasteiger partial charge in [0, 0.05) is 5.56 Å². The predicted octanol–water partition coefficient (Wildman–Crippen LogP) is 2.45. The van der Waals surface area contributed by atoms with Gasteiger partial charge in [0.15, 0.2) is 0 Å². The van der Waals surface area contributed by atoms with Crippen LogP contribution < -0.4 is 14.2 Å². The summed E-state index contributed by atoms with van der Waals surface area (Å²) in [6, 6.07) is 16.9. The number of H-pyrrole nitrogens is 1. The number of aromatic nitrogens is 3. The molecule has 2 aromatic heterocycles. The highest BCUT2D eigenvalue weighted by Crippen LogP contribution is 2.24. The molecule has 1 saturated heterocycles. The summed E-state index contributed by atoms with van der Waals surface area (Å²) in [5.41, 5.74) is 4.85. The van der Waals surface area contributed by atoms with Crippen molar-refractivity contribution in [2.24, 2.45) is 0 Å². The van der Waals surface area contributed by atoms with Gasteiger partial charge in [0.25, 0.3) is 0 Å². The van der Waals surface area contributed by atoms with Gasteiger partial charge in [-0.3, -0.25) is 0 Å². The van der Waals surface area contributed by atoms with E-state index in [1.54, 1.807) is 12.0 Å². The molecule has 5 nitrogen and oxygen atoms in total. The smallest absolute Gasteiger partial charge is 0.368 e. The minimum Gasteiger partial charge on any atom is -0.497 e. The molecule has 0 saturated carbocycles. The van der Waals surface area contributed by atoms with Crippen LogP contribution in [-0.2, 0) is 6.54 Å². The fraction of sp³-hybridized carbons (Fsp3) is 0.348. The first kappa shape index (κ1) is 17.3. The molecule has 1 aliphatic heterocycles. The Labute approximate surface area is 165 Å². The van der Waals surface area contributed by atoms with Crippen LogP contribution in [0.1, 0.15) is 19.3 Å². The molecule has 28 heavy (non-hydrogen) atoms. The molecule has 0 aliphatic carbocycles. The van der Waals surface area contributed by atoms with Crippen molar-refractivity contribution in [2.45, 2.75) is 25.8 Å². The predicted molar refractivity (Wildman–Crippen MR) is 111 cm³/mol. The minimum atomic E-state index is 0.881. The summed E-state index contributed by atoms with van der Waals surface area (Å²) in [7, 11) is 1.70. The molecule has 0 amide bonds. The monoisotopic (exact) mass is 376 g/mol. The third kappa shape index (κ3) is 3.06. The molecule has 1 fully saturated rings. The number of nitrogens with zero attached hydrogens (tertiary/aromatic N) is 2. The normalized spacial score (nSPS) is 15.5. The van der Waals surface area contributed by atoms with E-state index >= 15 is 0 Å². The van der Waals surface area contributed by atoms with Gasteiger partial charge < -0.3 is 9.64 Å². The maximum atomic E-state index is 5.29. The summed E-state index contributed by atoms with van der Waals surface area (Å²) in [5, 5.41) is 0. The Bertz CT molecular complexity index is 1090. The fourth-order valence-electron chi connectivity index (χ4n) is 4.51. The lowest BCUT2D eigenvalue weighted by Crippen LogP contribution is -3.13. The zero-order valence-corrected chi connectivity index (χ0v) is 16.4. The van der Waals surface area contributed by atoms with E-state index in [0.717, 1.165) is 23.8 Å². The van der Waals surface area contributed by atoms with Crippen molar-refractivity contribution in [1.29, 1.82) is 0 Å². The number of para-hydroxylation sites is 2. The van der Waals surface area contributed by atoms with E-state index in [1.165, 1.54) is 55.5 Å². The molecule has 5 rings (SSSR count). The lowest BCUT2D eigenvalue weighted by Gasteiger charge is -2.22. The van der Waals surface area contributed by atoms with Gasteiger partial charge in [0.2, 0.25) is 0 Å². The SMILES string of the molecule is COc1ccc(-c2cn3c4ccccc4[n+](CC[NH+]4CCCCC4)c3[nH]2)cc1. The zero-order chi connectivity index (χ0) is 18.9. The number of quaternary nitrogens is 1. The quantitative estimate of drug-likeness (QED) is 0.516. The van der Waals surface area contributed by atoms with Gasteiger partial charge in [-0.25, -0.2) is 9.55 Å². The maximum Gasteiger partial charge on any atom is 0.368 e. The van der Waals surface area contributed by atoms with Crippen molar-refractivity contribution < 1.29 is 14.2 Å². The number of ether oxygens (including phenoxy) is 1. The van der Waals surface area contributed by atoms with Crippen LogP contribution in [0.3, 0.4) is 0 Å². The molecule has 0 unspecified atom stereocenters. The Morgan fingerprint density at radius 2 is 1.82 bits per heavy atom. The molecule has 0 spiro atoms. The lowest BCUT2D eigenvalue weighted by molar-refractivity contribution is -0.920. The van der Waals surface area contributed by atoms with Crippen LogP contribution in [0.4, 0.5) is 0 Å². The number of methoxy groups -OCH3 is 1. The number of benzene rings is 2. The summed E-state index contributed by atoms with van der Waals surface area (Å²) >= 11 is 0. The number of imidazole rings is 2. The van der Waals surface area contributed by atoms with Crippen LogP contribution in [0, 0.1) is 0 Å². The summed E-state index contributed by atoms with van der Waals surface area (Å²) in [6.07, 6.45) is 6.35. The summed E-state index contributed by atoms with van der Waals surface area (Å²) in [6.45, 7) is 4.86. The van der Waals surface area contributed by atoms with Crippen molar-refractivity contribution in [1.82, 2.24) is 9.38 Å². The first-order valence-electron chi connectivity index (χ1n) is 10.3. The second-order valence-electron chi connectivity index (χ2n) is 7.79. The number of nitrogens with one attached hydrogen (secondary N) is 2. The fourth-order valence-corrected chi connectivity index (χ4v) is 4.51. The highest BCUT2D eigenvalue weighted by Gasteiger charge is 2.23. The van der Waals surface area contributed by atoms with Crippen LogP contribution in [-0.4, -0.2) is 36.1 Å². The van der Waals surface area contributed by atoms with Gasteiger partial charge >= 0.3 is 5.78 Å². The van der Waals surface area contributed by atoms with E-state index in [4.69, 9.17) is 4.74 Å². The Morgan fingerprint density at radius 3 is 2.61 bits per heavy atom. The molecule has 2 aromatic carbocycles. The van der Waals surface area contributed by atoms with Gasteiger partial charge in [-0.1, -0.05) is 12.1 Å². The third-order valence-corrected chi connectivity index (χ3v) is 6.07. The second-order valence-corrected chi connectivity index (χ2v) is 7.79. The molecule has 4 aromatic rings. The van der Waals surface area contributed by atoms with E-state index < -0.39 is 0 Å². The van der Waals surface area contributed by atoms with E-state index in [1.807, 2.05) is 12.1 Å². The molecule has 5 heteroatoms. The van der Waals surface area contributed by atoms with Gasteiger partial charge in [-0.15, -0.1) is 0 Å².